The van der Waals surface area contributed by atoms with Gasteiger partial charge in [-0.25, -0.2) is 0 Å². The molecule has 1 heterocycles. The van der Waals surface area contributed by atoms with Gasteiger partial charge in [0.1, 0.15) is 0 Å². The van der Waals surface area contributed by atoms with Gasteiger partial charge >= 0.3 is 0 Å². The highest BCUT2D eigenvalue weighted by Gasteiger charge is 2.24. The van der Waals surface area contributed by atoms with E-state index in [-0.39, 0.29) is 18.4 Å². The van der Waals surface area contributed by atoms with E-state index in [4.69, 9.17) is 34.8 Å². The zero-order chi connectivity index (χ0) is 19.4. The molecule has 2 aromatic rings. The first-order chi connectivity index (χ1) is 13.0. The van der Waals surface area contributed by atoms with Gasteiger partial charge in [0.2, 0.25) is 5.91 Å². The molecule has 0 bridgehead atoms. The van der Waals surface area contributed by atoms with Crippen LogP contribution in [0.3, 0.4) is 0 Å². The van der Waals surface area contributed by atoms with Gasteiger partial charge in [-0.3, -0.25) is 14.5 Å². The van der Waals surface area contributed by atoms with E-state index in [9.17, 15) is 9.59 Å². The topological polar surface area (TPSA) is 52.7 Å². The predicted molar refractivity (Wildman–Crippen MR) is 109 cm³/mol. The molecule has 5 nitrogen and oxygen atoms in total. The van der Waals surface area contributed by atoms with Crippen molar-refractivity contribution in [3.8, 4) is 0 Å². The Hall–Kier alpha value is -1.79. The van der Waals surface area contributed by atoms with E-state index in [1.165, 1.54) is 0 Å². The minimum atomic E-state index is -0.198. The Morgan fingerprint density at radius 2 is 1.44 bits per heavy atom. The Morgan fingerprint density at radius 1 is 0.852 bits per heavy atom. The minimum Gasteiger partial charge on any atom is -0.336 e. The highest BCUT2D eigenvalue weighted by atomic mass is 35.5. The number of hydrogen-bond acceptors (Lipinski definition) is 3. The molecule has 1 N–H and O–H groups in total. The highest BCUT2D eigenvalue weighted by Crippen LogP contribution is 2.29. The van der Waals surface area contributed by atoms with Crippen LogP contribution in [0, 0.1) is 0 Å². The Morgan fingerprint density at radius 3 is 2.07 bits per heavy atom. The van der Waals surface area contributed by atoms with Gasteiger partial charge in [-0.2, -0.15) is 0 Å². The fourth-order valence-electron chi connectivity index (χ4n) is 2.91. The summed E-state index contributed by atoms with van der Waals surface area (Å²) in [7, 11) is 0. The summed E-state index contributed by atoms with van der Waals surface area (Å²) in [6.07, 6.45) is 0. The summed E-state index contributed by atoms with van der Waals surface area (Å²) in [6.45, 7) is 2.46. The van der Waals surface area contributed by atoms with Crippen LogP contribution in [0.1, 0.15) is 10.4 Å². The lowest BCUT2D eigenvalue weighted by atomic mass is 10.2. The molecule has 2 amide bonds. The van der Waals surface area contributed by atoms with Crippen molar-refractivity contribution < 1.29 is 9.59 Å². The molecule has 0 unspecified atom stereocenters. The molecule has 8 heteroatoms. The van der Waals surface area contributed by atoms with Gasteiger partial charge in [-0.05, 0) is 24.3 Å². The largest absolute Gasteiger partial charge is 0.336 e. The first kappa shape index (κ1) is 20.0. The number of carbonyl (C=O) groups is 2. The second-order valence-corrected chi connectivity index (χ2v) is 7.41. The number of piperazine rings is 1. The summed E-state index contributed by atoms with van der Waals surface area (Å²) < 4.78 is 0. The van der Waals surface area contributed by atoms with Crippen molar-refractivity contribution in [1.82, 2.24) is 9.80 Å². The highest BCUT2D eigenvalue weighted by molar-refractivity contribution is 6.39. The van der Waals surface area contributed by atoms with Crippen LogP contribution in [0.15, 0.2) is 42.5 Å². The number of benzene rings is 2. The van der Waals surface area contributed by atoms with E-state index in [1.54, 1.807) is 47.4 Å². The maximum atomic E-state index is 12.6. The fourth-order valence-corrected chi connectivity index (χ4v) is 3.62. The number of anilines is 1. The molecular weight excluding hydrogens is 409 g/mol. The smallest absolute Gasteiger partial charge is 0.255 e. The average molecular weight is 427 g/mol. The quantitative estimate of drug-likeness (QED) is 0.802. The first-order valence-corrected chi connectivity index (χ1v) is 9.59. The van der Waals surface area contributed by atoms with Crippen molar-refractivity contribution in [3.63, 3.8) is 0 Å². The second kappa shape index (κ2) is 8.93. The molecule has 0 atom stereocenters. The molecule has 0 aliphatic carbocycles. The lowest BCUT2D eigenvalue weighted by molar-refractivity contribution is -0.117. The van der Waals surface area contributed by atoms with Crippen LogP contribution < -0.4 is 5.32 Å². The Bertz CT molecular complexity index is 832. The Balaban J connectivity index is 1.53. The summed E-state index contributed by atoms with van der Waals surface area (Å²) in [6, 6.07) is 12.1. The number of carbonyl (C=O) groups excluding carboxylic acids is 2. The average Bonchev–Trinajstić information content (AvgIpc) is 2.65. The van der Waals surface area contributed by atoms with E-state index in [2.05, 4.69) is 5.32 Å². The predicted octanol–water partition coefficient (Wildman–Crippen LogP) is 4.04. The van der Waals surface area contributed by atoms with Gasteiger partial charge < -0.3 is 10.2 Å². The van der Waals surface area contributed by atoms with Crippen LogP contribution in [-0.2, 0) is 4.79 Å². The van der Waals surface area contributed by atoms with Crippen LogP contribution in [0.5, 0.6) is 0 Å². The normalized spacial score (nSPS) is 14.9. The van der Waals surface area contributed by atoms with Crippen LogP contribution in [0.4, 0.5) is 5.69 Å². The summed E-state index contributed by atoms with van der Waals surface area (Å²) in [5, 5.41) is 3.98. The van der Waals surface area contributed by atoms with Crippen LogP contribution in [0.2, 0.25) is 15.1 Å². The molecule has 1 aliphatic heterocycles. The zero-order valence-electron chi connectivity index (χ0n) is 14.4. The van der Waals surface area contributed by atoms with Crippen molar-refractivity contribution in [2.75, 3.05) is 38.0 Å². The Kier molecular flexibility index (Phi) is 6.60. The first-order valence-electron chi connectivity index (χ1n) is 8.45. The van der Waals surface area contributed by atoms with Crippen LogP contribution >= 0.6 is 34.8 Å². The van der Waals surface area contributed by atoms with Gasteiger partial charge in [0.25, 0.3) is 5.91 Å². The molecule has 0 saturated carbocycles. The molecule has 2 aromatic carbocycles. The summed E-state index contributed by atoms with van der Waals surface area (Å²) >= 11 is 18.3. The van der Waals surface area contributed by atoms with Crippen molar-refractivity contribution in [1.29, 1.82) is 0 Å². The van der Waals surface area contributed by atoms with Gasteiger partial charge in [0, 0.05) is 26.2 Å². The lowest BCUT2D eigenvalue weighted by Gasteiger charge is -2.34. The maximum Gasteiger partial charge on any atom is 0.255 e. The molecule has 1 saturated heterocycles. The number of para-hydroxylation sites is 1. The van der Waals surface area contributed by atoms with E-state index in [0.717, 1.165) is 0 Å². The van der Waals surface area contributed by atoms with Gasteiger partial charge in [-0.15, -0.1) is 0 Å². The molecule has 27 heavy (non-hydrogen) atoms. The van der Waals surface area contributed by atoms with Crippen LogP contribution in [0.25, 0.3) is 0 Å². The van der Waals surface area contributed by atoms with E-state index >= 15 is 0 Å². The van der Waals surface area contributed by atoms with E-state index < -0.39 is 0 Å². The van der Waals surface area contributed by atoms with Gasteiger partial charge in [0.15, 0.2) is 0 Å². The number of hydrogen-bond donors (Lipinski definition) is 1. The minimum absolute atomic E-state index is 0.0902. The molecule has 142 valence electrons. The summed E-state index contributed by atoms with van der Waals surface area (Å²) in [5.41, 5.74) is 0.914. The van der Waals surface area contributed by atoms with E-state index in [1.807, 2.05) is 4.90 Å². The van der Waals surface area contributed by atoms with Gasteiger partial charge in [-0.1, -0.05) is 53.0 Å². The fraction of sp³-hybridized carbons (Fsp3) is 0.263. The molecule has 1 aliphatic rings. The third-order valence-corrected chi connectivity index (χ3v) is 5.32. The molecule has 0 radical (unpaired) electrons. The summed E-state index contributed by atoms with van der Waals surface area (Å²) in [4.78, 5) is 28.6. The molecule has 3 rings (SSSR count). The number of halogens is 3. The van der Waals surface area contributed by atoms with Crippen LogP contribution in [-0.4, -0.2) is 54.3 Å². The van der Waals surface area contributed by atoms with Crippen molar-refractivity contribution in [3.05, 3.63) is 63.1 Å². The monoisotopic (exact) mass is 425 g/mol. The van der Waals surface area contributed by atoms with Crippen molar-refractivity contribution >= 4 is 52.3 Å². The molecule has 1 fully saturated rings. The van der Waals surface area contributed by atoms with Crippen molar-refractivity contribution in [2.24, 2.45) is 0 Å². The standard InChI is InChI=1S/C19H18Cl3N3O2/c20-14-5-2-1-4-13(14)19(27)25-10-8-24(9-11-25)12-17(26)23-18-15(21)6-3-7-16(18)22/h1-7H,8-12H2,(H,23,26). The third-order valence-electron chi connectivity index (χ3n) is 4.36. The molecule has 0 aromatic heterocycles. The number of nitrogens with zero attached hydrogens (tertiary/aromatic N) is 2. The SMILES string of the molecule is O=C(CN1CCN(C(=O)c2ccccc2Cl)CC1)Nc1c(Cl)cccc1Cl. The summed E-state index contributed by atoms with van der Waals surface area (Å²) in [5.74, 6) is -0.288. The molecular formula is C19H18Cl3N3O2. The lowest BCUT2D eigenvalue weighted by Crippen LogP contribution is -2.50. The third kappa shape index (κ3) is 4.93. The second-order valence-electron chi connectivity index (χ2n) is 6.19. The van der Waals surface area contributed by atoms with Crippen molar-refractivity contribution in [2.45, 2.75) is 0 Å². The number of rotatable bonds is 4. The van der Waals surface area contributed by atoms with Gasteiger partial charge in [0.05, 0.1) is 32.9 Å². The Labute approximate surface area is 172 Å². The molecule has 0 spiro atoms. The zero-order valence-corrected chi connectivity index (χ0v) is 16.7. The maximum absolute atomic E-state index is 12.6. The number of amides is 2. The number of nitrogens with one attached hydrogen (secondary N) is 1. The van der Waals surface area contributed by atoms with E-state index in [0.29, 0.717) is 52.5 Å².